The quantitative estimate of drug-likeness (QED) is 0.172. The van der Waals surface area contributed by atoms with Gasteiger partial charge >= 0.3 is 0 Å². The fraction of sp³-hybridized carbons (Fsp3) is 0.0870. The van der Waals surface area contributed by atoms with Gasteiger partial charge in [-0.2, -0.15) is 4.57 Å². The third-order valence-corrected chi connectivity index (χ3v) is 4.64. The number of likely N-dealkylation sites (N-methyl/N-ethyl adjacent to an activating group) is 1. The Morgan fingerprint density at radius 1 is 0.897 bits per heavy atom. The van der Waals surface area contributed by atoms with Crippen LogP contribution in [0.2, 0.25) is 5.15 Å². The number of hydrogen-bond acceptors (Lipinski definition) is 2. The summed E-state index contributed by atoms with van der Waals surface area (Å²) in [7, 11) is 1.59. The third-order valence-electron chi connectivity index (χ3n) is 4.30. The van der Waals surface area contributed by atoms with E-state index in [0.717, 1.165) is 16.7 Å². The maximum absolute atomic E-state index is 12.6. The SMILES string of the molecule is CNC(=O)/C=C(\c1ccccc1)c1ccc(Cl)[n+](CC(=O)c2ccccc2)c1.[I-]. The Bertz CT molecular complexity index is 1020. The van der Waals surface area contributed by atoms with Crippen molar-refractivity contribution in [2.45, 2.75) is 6.54 Å². The number of ketones is 1. The van der Waals surface area contributed by atoms with E-state index in [0.29, 0.717) is 10.7 Å². The van der Waals surface area contributed by atoms with Crippen molar-refractivity contribution in [2.75, 3.05) is 7.05 Å². The molecule has 0 saturated heterocycles. The molecule has 1 heterocycles. The molecule has 0 unspecified atom stereocenters. The van der Waals surface area contributed by atoms with Crippen molar-refractivity contribution < 1.29 is 38.1 Å². The molecule has 148 valence electrons. The number of nitrogens with one attached hydrogen (secondary N) is 1. The number of carbonyl (C=O) groups excluding carboxylic acids is 2. The van der Waals surface area contributed by atoms with Gasteiger partial charge in [0.25, 0.3) is 5.15 Å². The standard InChI is InChI=1S/C23H19ClN2O2.HI/c1-25-23(28)14-20(17-8-4-2-5-9-17)19-12-13-22(24)26(15-19)16-21(27)18-10-6-3-7-11-18;/h2-15H,16H2,1H3;1H/b20-14+;. The second kappa shape index (κ2) is 10.9. The molecule has 1 N–H and O–H groups in total. The lowest BCUT2D eigenvalue weighted by Crippen LogP contribution is -3.00. The summed E-state index contributed by atoms with van der Waals surface area (Å²) >= 11 is 6.32. The number of rotatable bonds is 6. The van der Waals surface area contributed by atoms with Gasteiger partial charge in [-0.15, -0.1) is 0 Å². The molecule has 0 aliphatic heterocycles. The van der Waals surface area contributed by atoms with Crippen LogP contribution in [-0.2, 0) is 11.3 Å². The second-order valence-electron chi connectivity index (χ2n) is 6.20. The highest BCUT2D eigenvalue weighted by molar-refractivity contribution is 6.28. The fourth-order valence-electron chi connectivity index (χ4n) is 2.83. The number of nitrogens with zero attached hydrogens (tertiary/aromatic N) is 1. The highest BCUT2D eigenvalue weighted by Gasteiger charge is 2.18. The number of hydrogen-bond donors (Lipinski definition) is 1. The Morgan fingerprint density at radius 3 is 2.07 bits per heavy atom. The summed E-state index contributed by atoms with van der Waals surface area (Å²) in [5.41, 5.74) is 3.06. The van der Waals surface area contributed by atoms with Gasteiger partial charge in [0.1, 0.15) is 0 Å². The zero-order chi connectivity index (χ0) is 19.9. The van der Waals surface area contributed by atoms with Gasteiger partial charge in [0, 0.05) is 35.9 Å². The van der Waals surface area contributed by atoms with Gasteiger partial charge in [-0.3, -0.25) is 9.59 Å². The number of aromatic nitrogens is 1. The number of halogens is 2. The van der Waals surface area contributed by atoms with E-state index in [-0.39, 0.29) is 42.2 Å². The van der Waals surface area contributed by atoms with Crippen LogP contribution in [0.5, 0.6) is 0 Å². The molecule has 3 rings (SSSR count). The predicted octanol–water partition coefficient (Wildman–Crippen LogP) is 0.692. The summed E-state index contributed by atoms with van der Waals surface area (Å²) in [6.45, 7) is 0.110. The minimum atomic E-state index is -0.208. The molecule has 0 aliphatic carbocycles. The van der Waals surface area contributed by atoms with Crippen LogP contribution >= 0.6 is 11.6 Å². The Labute approximate surface area is 192 Å². The summed E-state index contributed by atoms with van der Waals surface area (Å²) < 4.78 is 1.69. The number of benzene rings is 2. The van der Waals surface area contributed by atoms with Crippen LogP contribution in [-0.4, -0.2) is 18.7 Å². The lowest BCUT2D eigenvalue weighted by Gasteiger charge is -2.08. The summed E-state index contributed by atoms with van der Waals surface area (Å²) in [4.78, 5) is 24.6. The van der Waals surface area contributed by atoms with Crippen molar-refractivity contribution in [3.8, 4) is 0 Å². The highest BCUT2D eigenvalue weighted by Crippen LogP contribution is 2.23. The molecule has 0 saturated carbocycles. The van der Waals surface area contributed by atoms with Crippen LogP contribution in [0.3, 0.4) is 0 Å². The van der Waals surface area contributed by atoms with Crippen LogP contribution in [0.25, 0.3) is 5.57 Å². The molecule has 0 spiro atoms. The first kappa shape index (κ1) is 22.8. The number of Topliss-reactive ketones (excluding diaryl/α,β-unsaturated/α-hetero) is 1. The third kappa shape index (κ3) is 5.98. The van der Waals surface area contributed by atoms with Gasteiger partial charge in [0.2, 0.25) is 18.2 Å². The molecular formula is C23H20ClIN2O2. The van der Waals surface area contributed by atoms with Crippen LogP contribution in [0, 0.1) is 0 Å². The van der Waals surface area contributed by atoms with E-state index < -0.39 is 0 Å². The van der Waals surface area contributed by atoms with Crippen molar-refractivity contribution in [1.82, 2.24) is 5.32 Å². The highest BCUT2D eigenvalue weighted by atomic mass is 127. The van der Waals surface area contributed by atoms with Crippen molar-refractivity contribution in [2.24, 2.45) is 0 Å². The first-order valence-corrected chi connectivity index (χ1v) is 9.22. The smallest absolute Gasteiger partial charge is 0.275 e. The molecule has 3 aromatic rings. The number of carbonyl (C=O) groups is 2. The summed E-state index contributed by atoms with van der Waals surface area (Å²) in [6, 6.07) is 22.3. The lowest BCUT2D eigenvalue weighted by atomic mass is 9.98. The first-order valence-electron chi connectivity index (χ1n) is 8.85. The van der Waals surface area contributed by atoms with E-state index in [1.165, 1.54) is 0 Å². The van der Waals surface area contributed by atoms with Gasteiger partial charge in [0.05, 0.1) is 0 Å². The number of pyridine rings is 1. The van der Waals surface area contributed by atoms with Gasteiger partial charge in [-0.05, 0) is 23.2 Å². The maximum atomic E-state index is 12.6. The molecule has 0 radical (unpaired) electrons. The fourth-order valence-corrected chi connectivity index (χ4v) is 3.00. The summed E-state index contributed by atoms with van der Waals surface area (Å²) in [5, 5.41) is 3.06. The predicted molar refractivity (Wildman–Crippen MR) is 110 cm³/mol. The average molecular weight is 519 g/mol. The van der Waals surface area contributed by atoms with Gasteiger partial charge < -0.3 is 29.3 Å². The molecular weight excluding hydrogens is 499 g/mol. The lowest BCUT2D eigenvalue weighted by molar-refractivity contribution is -0.681. The van der Waals surface area contributed by atoms with E-state index in [4.69, 9.17) is 11.6 Å². The number of amides is 1. The van der Waals surface area contributed by atoms with Crippen LogP contribution in [0.15, 0.2) is 85.1 Å². The zero-order valence-corrected chi connectivity index (χ0v) is 18.7. The average Bonchev–Trinajstić information content (AvgIpc) is 2.74. The van der Waals surface area contributed by atoms with Crippen LogP contribution < -0.4 is 33.9 Å². The molecule has 4 nitrogen and oxygen atoms in total. The Kier molecular flexibility index (Phi) is 8.54. The Morgan fingerprint density at radius 2 is 1.48 bits per heavy atom. The monoisotopic (exact) mass is 518 g/mol. The topological polar surface area (TPSA) is 50.1 Å². The van der Waals surface area contributed by atoms with Gasteiger partial charge in [0.15, 0.2) is 6.20 Å². The van der Waals surface area contributed by atoms with Gasteiger partial charge in [-0.1, -0.05) is 60.7 Å². The van der Waals surface area contributed by atoms with Crippen LogP contribution in [0.1, 0.15) is 21.5 Å². The minimum Gasteiger partial charge on any atom is -1.00 e. The summed E-state index contributed by atoms with van der Waals surface area (Å²) in [5.74, 6) is -0.248. The van der Waals surface area contributed by atoms with Gasteiger partial charge in [-0.25, -0.2) is 0 Å². The maximum Gasteiger partial charge on any atom is 0.275 e. The van der Waals surface area contributed by atoms with E-state index in [1.54, 1.807) is 42.1 Å². The largest absolute Gasteiger partial charge is 1.00 e. The van der Waals surface area contributed by atoms with Crippen molar-refractivity contribution in [3.05, 3.63) is 107 Å². The van der Waals surface area contributed by atoms with Crippen LogP contribution in [0.4, 0.5) is 0 Å². The molecule has 29 heavy (non-hydrogen) atoms. The van der Waals surface area contributed by atoms with E-state index in [2.05, 4.69) is 5.32 Å². The van der Waals surface area contributed by atoms with Crippen molar-refractivity contribution in [3.63, 3.8) is 0 Å². The molecule has 2 aromatic carbocycles. The van der Waals surface area contributed by atoms with Crippen molar-refractivity contribution in [1.29, 1.82) is 0 Å². The Balaban J connectivity index is 0.00000300. The van der Waals surface area contributed by atoms with Crippen molar-refractivity contribution >= 4 is 28.9 Å². The minimum absolute atomic E-state index is 0. The molecule has 0 atom stereocenters. The van der Waals surface area contributed by atoms with E-state index >= 15 is 0 Å². The molecule has 0 fully saturated rings. The first-order chi connectivity index (χ1) is 13.6. The molecule has 1 aromatic heterocycles. The Hall–Kier alpha value is -2.51. The molecule has 1 amide bonds. The molecule has 0 aliphatic rings. The summed E-state index contributed by atoms with van der Waals surface area (Å²) in [6.07, 6.45) is 3.34. The normalized spacial score (nSPS) is 10.8. The zero-order valence-electron chi connectivity index (χ0n) is 15.8. The molecule has 6 heteroatoms. The van der Waals surface area contributed by atoms with E-state index in [1.807, 2.05) is 54.6 Å². The molecule has 0 bridgehead atoms. The second-order valence-corrected chi connectivity index (χ2v) is 6.58. The van der Waals surface area contributed by atoms with E-state index in [9.17, 15) is 9.59 Å².